The van der Waals surface area contributed by atoms with Crippen LogP contribution in [0, 0.1) is 22.9 Å². The van der Waals surface area contributed by atoms with Gasteiger partial charge in [-0.1, -0.05) is 18.2 Å². The zero-order valence-electron chi connectivity index (χ0n) is 22.9. The Kier molecular flexibility index (Phi) is 8.55. The van der Waals surface area contributed by atoms with E-state index in [4.69, 9.17) is 10.5 Å². The number of halogens is 3. The van der Waals surface area contributed by atoms with Crippen molar-refractivity contribution in [2.75, 3.05) is 33.3 Å². The van der Waals surface area contributed by atoms with Gasteiger partial charge in [-0.25, -0.2) is 13.2 Å². The van der Waals surface area contributed by atoms with E-state index < -0.39 is 46.4 Å². The number of nitrogens with zero attached hydrogens (tertiary/aromatic N) is 2. The Bertz CT molecular complexity index is 1270. The number of hydrogen-bond donors (Lipinski definition) is 2. The van der Waals surface area contributed by atoms with Crippen molar-refractivity contribution < 1.29 is 32.3 Å². The van der Waals surface area contributed by atoms with E-state index in [1.807, 2.05) is 0 Å². The van der Waals surface area contributed by atoms with Gasteiger partial charge in [0.15, 0.2) is 11.6 Å². The Labute approximate surface area is 231 Å². The summed E-state index contributed by atoms with van der Waals surface area (Å²) >= 11 is 0. The second kappa shape index (κ2) is 11.6. The van der Waals surface area contributed by atoms with Crippen LogP contribution in [0.25, 0.3) is 0 Å². The Morgan fingerprint density at radius 3 is 2.50 bits per heavy atom. The third kappa shape index (κ3) is 6.15. The molecule has 2 fully saturated rings. The lowest BCUT2D eigenvalue weighted by Crippen LogP contribution is -2.60. The Morgan fingerprint density at radius 2 is 1.85 bits per heavy atom. The van der Waals surface area contributed by atoms with Crippen LogP contribution in [0.1, 0.15) is 43.7 Å². The van der Waals surface area contributed by atoms with Crippen molar-refractivity contribution in [3.05, 3.63) is 71.0 Å². The number of likely N-dealkylation sites (N-methyl/N-ethyl adjacent to an activating group) is 1. The number of nitrogens with one attached hydrogen (secondary N) is 1. The van der Waals surface area contributed by atoms with Gasteiger partial charge in [0.1, 0.15) is 11.9 Å². The first-order valence-electron chi connectivity index (χ1n) is 13.2. The molecule has 2 aliphatic rings. The lowest BCUT2D eigenvalue weighted by molar-refractivity contribution is -0.147. The second-order valence-corrected chi connectivity index (χ2v) is 11.3. The average Bonchev–Trinajstić information content (AvgIpc) is 3.14. The number of ether oxygens (including phenoxy) is 1. The van der Waals surface area contributed by atoms with Gasteiger partial charge in [0, 0.05) is 32.6 Å². The molecule has 2 heterocycles. The van der Waals surface area contributed by atoms with Gasteiger partial charge >= 0.3 is 0 Å². The third-order valence-corrected chi connectivity index (χ3v) is 7.73. The molecular weight excluding hydrogens is 525 g/mol. The van der Waals surface area contributed by atoms with Gasteiger partial charge in [0.05, 0.1) is 24.2 Å². The fourth-order valence-corrected chi connectivity index (χ4v) is 5.56. The number of rotatable bonds is 8. The number of hydrogen-bond acceptors (Lipinski definition) is 5. The number of likely N-dealkylation sites (tertiary alicyclic amines) is 2. The zero-order valence-corrected chi connectivity index (χ0v) is 22.9. The lowest BCUT2D eigenvalue weighted by atomic mass is 9.69. The molecule has 3 N–H and O–H groups in total. The molecule has 8 nitrogen and oxygen atoms in total. The number of carbonyl (C=O) groups excluding carboxylic acids is 3. The molecule has 2 aromatic carbocycles. The molecule has 2 unspecified atom stereocenters. The van der Waals surface area contributed by atoms with Crippen LogP contribution in [0.3, 0.4) is 0 Å². The first-order chi connectivity index (χ1) is 18.8. The molecule has 0 aromatic heterocycles. The van der Waals surface area contributed by atoms with Crippen molar-refractivity contribution in [3.8, 4) is 0 Å². The summed E-state index contributed by atoms with van der Waals surface area (Å²) in [5.74, 6) is -3.98. The smallest absolute Gasteiger partial charge is 0.247 e. The van der Waals surface area contributed by atoms with E-state index in [0.717, 1.165) is 12.1 Å². The van der Waals surface area contributed by atoms with Crippen LogP contribution in [0.2, 0.25) is 0 Å². The van der Waals surface area contributed by atoms with Crippen LogP contribution in [0.4, 0.5) is 13.2 Å². The van der Waals surface area contributed by atoms with Crippen molar-refractivity contribution in [1.29, 1.82) is 0 Å². The number of carbonyl (C=O) groups is 3. The Hall–Kier alpha value is -3.44. The Balaban J connectivity index is 1.56. The molecule has 11 heteroatoms. The van der Waals surface area contributed by atoms with Gasteiger partial charge in [-0.15, -0.1) is 0 Å². The van der Waals surface area contributed by atoms with Crippen molar-refractivity contribution in [2.24, 2.45) is 11.1 Å². The molecule has 2 aliphatic heterocycles. The van der Waals surface area contributed by atoms with Gasteiger partial charge in [-0.3, -0.25) is 14.4 Å². The van der Waals surface area contributed by atoms with E-state index in [9.17, 15) is 27.6 Å². The van der Waals surface area contributed by atoms with Gasteiger partial charge in [0.25, 0.3) is 0 Å². The van der Waals surface area contributed by atoms with E-state index in [0.29, 0.717) is 37.1 Å². The maximum Gasteiger partial charge on any atom is 0.247 e. The predicted molar refractivity (Wildman–Crippen MR) is 141 cm³/mol. The highest BCUT2D eigenvalue weighted by Gasteiger charge is 2.56. The molecule has 3 amide bonds. The minimum absolute atomic E-state index is 0.0506. The summed E-state index contributed by atoms with van der Waals surface area (Å²) in [5.41, 5.74) is 4.84. The van der Waals surface area contributed by atoms with E-state index in [1.54, 1.807) is 24.1 Å². The van der Waals surface area contributed by atoms with Crippen LogP contribution in [-0.2, 0) is 25.7 Å². The maximum absolute atomic E-state index is 14.2. The molecule has 2 aromatic rings. The van der Waals surface area contributed by atoms with Crippen molar-refractivity contribution in [2.45, 2.75) is 50.8 Å². The number of nitrogens with two attached hydrogens (primary N) is 1. The lowest BCUT2D eigenvalue weighted by Gasteiger charge is -2.43. The highest BCUT2D eigenvalue weighted by atomic mass is 19.2. The van der Waals surface area contributed by atoms with Crippen LogP contribution < -0.4 is 11.1 Å². The molecule has 216 valence electrons. The summed E-state index contributed by atoms with van der Waals surface area (Å²) in [4.78, 5) is 43.2. The normalized spacial score (nSPS) is 22.1. The first kappa shape index (κ1) is 29.5. The first-order valence-corrected chi connectivity index (χ1v) is 13.2. The van der Waals surface area contributed by atoms with E-state index in [-0.39, 0.29) is 31.5 Å². The molecule has 0 saturated carbocycles. The van der Waals surface area contributed by atoms with Crippen LogP contribution in [0.15, 0.2) is 42.5 Å². The van der Waals surface area contributed by atoms with Crippen LogP contribution >= 0.6 is 0 Å². The van der Waals surface area contributed by atoms with Crippen LogP contribution in [-0.4, -0.2) is 72.4 Å². The summed E-state index contributed by atoms with van der Waals surface area (Å²) in [7, 11) is 1.65. The highest BCUT2D eigenvalue weighted by molar-refractivity contribution is 5.92. The molecule has 0 aliphatic carbocycles. The summed E-state index contributed by atoms with van der Waals surface area (Å²) < 4.78 is 46.8. The van der Waals surface area contributed by atoms with Gasteiger partial charge in [-0.05, 0) is 62.1 Å². The van der Waals surface area contributed by atoms with Gasteiger partial charge < -0.3 is 25.6 Å². The number of amides is 3. The molecule has 1 spiro atoms. The third-order valence-electron chi connectivity index (χ3n) is 7.73. The van der Waals surface area contributed by atoms with E-state index >= 15 is 0 Å². The Morgan fingerprint density at radius 1 is 1.15 bits per heavy atom. The molecule has 2 saturated heterocycles. The summed E-state index contributed by atoms with van der Waals surface area (Å²) in [5, 5.41) is 2.68. The second-order valence-electron chi connectivity index (χ2n) is 11.3. The summed E-state index contributed by atoms with van der Waals surface area (Å²) in [6.45, 7) is 3.62. The van der Waals surface area contributed by atoms with Crippen molar-refractivity contribution in [3.63, 3.8) is 0 Å². The van der Waals surface area contributed by atoms with Crippen LogP contribution in [0.5, 0.6) is 0 Å². The zero-order chi connectivity index (χ0) is 29.2. The quantitative estimate of drug-likeness (QED) is 0.517. The van der Waals surface area contributed by atoms with E-state index in [1.165, 1.54) is 36.9 Å². The molecule has 4 rings (SSSR count). The molecule has 0 radical (unpaired) electrons. The highest BCUT2D eigenvalue weighted by Crippen LogP contribution is 2.49. The minimum atomic E-state index is -1.26. The largest absolute Gasteiger partial charge is 0.374 e. The monoisotopic (exact) mass is 560 g/mol. The fraction of sp³-hybridized carbons (Fsp3) is 0.483. The van der Waals surface area contributed by atoms with Crippen molar-refractivity contribution >= 4 is 17.7 Å². The summed E-state index contributed by atoms with van der Waals surface area (Å²) in [6, 6.07) is 8.26. The molecule has 40 heavy (non-hydrogen) atoms. The summed E-state index contributed by atoms with van der Waals surface area (Å²) in [6.07, 6.45) is 0.975. The SMILES string of the molecule is CN1CC(c2ccc(F)c(F)c2)C2(CCCN(C(=O)[C@@H](COCc3ccc(F)cc3)NC(=O)C(C)(C)N)C2)C1=O. The molecule has 0 bridgehead atoms. The standard InChI is InChI=1S/C29H35F3N4O4/c1-28(2,33)26(38)34-24(16-40-15-18-5-8-20(30)9-6-18)25(37)36-12-4-11-29(17-36)21(14-35(3)27(29)39)19-7-10-22(31)23(32)13-19/h5-10,13,21,24H,4,11-12,14-17,33H2,1-3H3,(H,34,38)/t21?,24-,29?/m1/s1. The maximum atomic E-state index is 14.2. The number of piperidine rings is 1. The molecular formula is C29H35F3N4O4. The van der Waals surface area contributed by atoms with Crippen molar-refractivity contribution in [1.82, 2.24) is 15.1 Å². The number of benzene rings is 2. The minimum Gasteiger partial charge on any atom is -0.374 e. The topological polar surface area (TPSA) is 105 Å². The average molecular weight is 561 g/mol. The van der Waals surface area contributed by atoms with Gasteiger partial charge in [0.2, 0.25) is 17.7 Å². The molecule has 3 atom stereocenters. The van der Waals surface area contributed by atoms with E-state index in [2.05, 4.69) is 5.32 Å². The fourth-order valence-electron chi connectivity index (χ4n) is 5.56. The predicted octanol–water partition coefficient (Wildman–Crippen LogP) is 2.71. The van der Waals surface area contributed by atoms with Gasteiger partial charge in [-0.2, -0.15) is 0 Å².